The molecular formula is C25H27F2NOS2. The van der Waals surface area contributed by atoms with E-state index in [9.17, 15) is 13.6 Å². The lowest BCUT2D eigenvalue weighted by Crippen LogP contribution is -2.14. The van der Waals surface area contributed by atoms with Crippen molar-refractivity contribution < 1.29 is 13.6 Å². The van der Waals surface area contributed by atoms with Crippen LogP contribution in [-0.4, -0.2) is 11.7 Å². The van der Waals surface area contributed by atoms with Crippen LogP contribution in [-0.2, 0) is 17.0 Å². The van der Waals surface area contributed by atoms with Gasteiger partial charge in [0.1, 0.15) is 11.6 Å². The Morgan fingerprint density at radius 3 is 2.10 bits per heavy atom. The molecule has 0 unspecified atom stereocenters. The Bertz CT molecular complexity index is 960. The SMILES string of the molecule is CC.CCSc1ccc(CC(=O)Nc2ccc(CSc3ccc(F)cc3)c(F)c2)cc1. The molecular weight excluding hydrogens is 432 g/mol. The van der Waals surface area contributed by atoms with E-state index < -0.39 is 0 Å². The summed E-state index contributed by atoms with van der Waals surface area (Å²) in [6.45, 7) is 6.10. The third-order valence-electron chi connectivity index (χ3n) is 4.14. The maximum Gasteiger partial charge on any atom is 0.228 e. The van der Waals surface area contributed by atoms with Gasteiger partial charge in [0.2, 0.25) is 5.91 Å². The van der Waals surface area contributed by atoms with Crippen molar-refractivity contribution >= 4 is 35.1 Å². The third-order valence-corrected chi connectivity index (χ3v) is 6.10. The molecule has 0 aliphatic carbocycles. The predicted molar refractivity (Wildman–Crippen MR) is 129 cm³/mol. The van der Waals surface area contributed by atoms with Gasteiger partial charge in [0.15, 0.2) is 0 Å². The molecule has 3 aromatic carbocycles. The Kier molecular flexibility index (Phi) is 10.6. The third kappa shape index (κ3) is 8.38. The zero-order valence-corrected chi connectivity index (χ0v) is 19.6. The van der Waals surface area contributed by atoms with E-state index in [0.29, 0.717) is 17.0 Å². The molecule has 0 aliphatic rings. The molecule has 31 heavy (non-hydrogen) atoms. The topological polar surface area (TPSA) is 29.1 Å². The molecule has 0 atom stereocenters. The molecule has 164 valence electrons. The van der Waals surface area contributed by atoms with Gasteiger partial charge in [-0.05, 0) is 65.4 Å². The number of carbonyl (C=O) groups is 1. The molecule has 0 saturated heterocycles. The van der Waals surface area contributed by atoms with Gasteiger partial charge in [0.25, 0.3) is 0 Å². The fourth-order valence-corrected chi connectivity index (χ4v) is 4.24. The number of rotatable bonds is 8. The molecule has 0 aromatic heterocycles. The van der Waals surface area contributed by atoms with E-state index in [1.54, 1.807) is 36.0 Å². The normalized spacial score (nSPS) is 10.2. The summed E-state index contributed by atoms with van der Waals surface area (Å²) in [6.07, 6.45) is 0.237. The van der Waals surface area contributed by atoms with Crippen molar-refractivity contribution in [3.8, 4) is 0 Å². The smallest absolute Gasteiger partial charge is 0.228 e. The lowest BCUT2D eigenvalue weighted by Gasteiger charge is -2.09. The van der Waals surface area contributed by atoms with Crippen molar-refractivity contribution in [2.24, 2.45) is 0 Å². The van der Waals surface area contributed by atoms with Crippen LogP contribution in [0.15, 0.2) is 76.5 Å². The van der Waals surface area contributed by atoms with Gasteiger partial charge >= 0.3 is 0 Å². The molecule has 2 nitrogen and oxygen atoms in total. The van der Waals surface area contributed by atoms with Crippen LogP contribution in [0.4, 0.5) is 14.5 Å². The van der Waals surface area contributed by atoms with E-state index in [1.807, 2.05) is 38.1 Å². The molecule has 0 bridgehead atoms. The maximum absolute atomic E-state index is 14.4. The lowest BCUT2D eigenvalue weighted by atomic mass is 10.1. The molecule has 0 fully saturated rings. The van der Waals surface area contributed by atoms with E-state index in [4.69, 9.17) is 0 Å². The Morgan fingerprint density at radius 2 is 1.48 bits per heavy atom. The minimum Gasteiger partial charge on any atom is -0.326 e. The summed E-state index contributed by atoms with van der Waals surface area (Å²) in [4.78, 5) is 14.3. The minimum absolute atomic E-state index is 0.186. The number of carbonyl (C=O) groups excluding carboxylic acids is 1. The quantitative estimate of drug-likeness (QED) is 0.352. The van der Waals surface area contributed by atoms with Crippen LogP contribution in [0.2, 0.25) is 0 Å². The number of nitrogens with one attached hydrogen (secondary N) is 1. The second-order valence-electron chi connectivity index (χ2n) is 6.35. The highest BCUT2D eigenvalue weighted by atomic mass is 32.2. The largest absolute Gasteiger partial charge is 0.326 e. The number of hydrogen-bond donors (Lipinski definition) is 1. The first-order valence-electron chi connectivity index (χ1n) is 10.2. The average Bonchev–Trinajstić information content (AvgIpc) is 2.77. The summed E-state index contributed by atoms with van der Waals surface area (Å²) >= 11 is 3.18. The first-order chi connectivity index (χ1) is 15.0. The fraction of sp³-hybridized carbons (Fsp3) is 0.240. The molecule has 3 rings (SSSR count). The molecule has 1 N–H and O–H groups in total. The number of benzene rings is 3. The Balaban J connectivity index is 0.00000166. The predicted octanol–water partition coefficient (Wildman–Crippen LogP) is 7.58. The lowest BCUT2D eigenvalue weighted by molar-refractivity contribution is -0.115. The van der Waals surface area contributed by atoms with Crippen LogP contribution in [0.5, 0.6) is 0 Å². The molecule has 0 spiro atoms. The first kappa shape index (κ1) is 25.0. The van der Waals surface area contributed by atoms with Gasteiger partial charge in [-0.25, -0.2) is 8.78 Å². The first-order valence-corrected chi connectivity index (χ1v) is 12.2. The highest BCUT2D eigenvalue weighted by Gasteiger charge is 2.08. The molecule has 0 aliphatic heterocycles. The minimum atomic E-state index is -0.377. The van der Waals surface area contributed by atoms with Crippen LogP contribution in [0.3, 0.4) is 0 Å². The standard InChI is InChI=1S/C23H21F2NOS2.C2H6/c1-2-28-20-9-3-16(4-10-20)13-23(27)26-19-8-5-17(22(25)14-19)15-29-21-11-6-18(24)7-12-21;1-2/h3-12,14H,2,13,15H2,1H3,(H,26,27);1-2H3. The second kappa shape index (κ2) is 13.2. The fourth-order valence-electron chi connectivity index (χ4n) is 2.69. The monoisotopic (exact) mass is 459 g/mol. The highest BCUT2D eigenvalue weighted by Crippen LogP contribution is 2.26. The van der Waals surface area contributed by atoms with Crippen molar-refractivity contribution in [1.82, 2.24) is 0 Å². The van der Waals surface area contributed by atoms with Crippen LogP contribution < -0.4 is 5.32 Å². The Labute approximate surface area is 191 Å². The van der Waals surface area contributed by atoms with Crippen LogP contribution in [0, 0.1) is 11.6 Å². The van der Waals surface area contributed by atoms with E-state index in [1.165, 1.54) is 34.9 Å². The molecule has 3 aromatic rings. The van der Waals surface area contributed by atoms with Gasteiger partial charge in [-0.3, -0.25) is 4.79 Å². The Morgan fingerprint density at radius 1 is 0.871 bits per heavy atom. The Hall–Kier alpha value is -2.31. The van der Waals surface area contributed by atoms with Gasteiger partial charge in [-0.2, -0.15) is 0 Å². The van der Waals surface area contributed by atoms with E-state index >= 15 is 0 Å². The summed E-state index contributed by atoms with van der Waals surface area (Å²) in [5.74, 6) is 0.570. The van der Waals surface area contributed by atoms with Crippen LogP contribution >= 0.6 is 23.5 Å². The van der Waals surface area contributed by atoms with E-state index in [2.05, 4.69) is 12.2 Å². The molecule has 1 amide bonds. The summed E-state index contributed by atoms with van der Waals surface area (Å²) in [6, 6.07) is 18.7. The number of thioether (sulfide) groups is 2. The van der Waals surface area contributed by atoms with Gasteiger partial charge in [0, 0.05) is 21.2 Å². The maximum atomic E-state index is 14.4. The van der Waals surface area contributed by atoms with E-state index in [-0.39, 0.29) is 24.0 Å². The van der Waals surface area contributed by atoms with Crippen LogP contribution in [0.1, 0.15) is 31.9 Å². The average molecular weight is 460 g/mol. The van der Waals surface area contributed by atoms with Gasteiger partial charge in [-0.1, -0.05) is 39.0 Å². The van der Waals surface area contributed by atoms with Crippen molar-refractivity contribution in [2.75, 3.05) is 11.1 Å². The second-order valence-corrected chi connectivity index (χ2v) is 8.74. The molecule has 0 saturated carbocycles. The number of amides is 1. The van der Waals surface area contributed by atoms with Gasteiger partial charge < -0.3 is 5.32 Å². The van der Waals surface area contributed by atoms with Crippen molar-refractivity contribution in [2.45, 2.75) is 42.7 Å². The van der Waals surface area contributed by atoms with Crippen molar-refractivity contribution in [3.63, 3.8) is 0 Å². The highest BCUT2D eigenvalue weighted by molar-refractivity contribution is 7.99. The number of hydrogen-bond acceptors (Lipinski definition) is 3. The summed E-state index contributed by atoms with van der Waals surface area (Å²) < 4.78 is 27.3. The molecule has 0 radical (unpaired) electrons. The van der Waals surface area contributed by atoms with Gasteiger partial charge in [-0.15, -0.1) is 23.5 Å². The number of anilines is 1. The summed E-state index contributed by atoms with van der Waals surface area (Å²) in [5, 5.41) is 2.75. The zero-order valence-electron chi connectivity index (χ0n) is 18.0. The van der Waals surface area contributed by atoms with Crippen molar-refractivity contribution in [3.05, 3.63) is 89.5 Å². The summed E-state index contributed by atoms with van der Waals surface area (Å²) in [5.41, 5.74) is 1.87. The van der Waals surface area contributed by atoms with Crippen LogP contribution in [0.25, 0.3) is 0 Å². The van der Waals surface area contributed by atoms with Crippen molar-refractivity contribution in [1.29, 1.82) is 0 Å². The molecule has 0 heterocycles. The summed E-state index contributed by atoms with van der Waals surface area (Å²) in [7, 11) is 0. The van der Waals surface area contributed by atoms with Gasteiger partial charge in [0.05, 0.1) is 6.42 Å². The molecule has 6 heteroatoms. The zero-order chi connectivity index (χ0) is 22.6. The van der Waals surface area contributed by atoms with E-state index in [0.717, 1.165) is 16.2 Å². The number of halogens is 2.